The lowest BCUT2D eigenvalue weighted by molar-refractivity contribution is -0.136. The largest absolute Gasteiger partial charge is 0.497 e. The molecule has 7 aromatic carbocycles. The highest BCUT2D eigenvalue weighted by atomic mass is 16.6. The molecule has 0 aromatic heterocycles. The standard InChI is InChI=1S/C55H51NO7.CH4/c1-35-9-19-45(20-10-35)56(46-21-11-36(2)12-22-46)47-23-13-42(14-24-47)33-50(43-15-25-48(59-8)26-16-43)44-17-27-49(28-18-44)62-55(58)34-60-51-29-30-53(38(4)37(51)3)63-54-32-31-52(61-41(7)57)39(5)40(54)6;/h9-33H,34H2,1-8H3;1H4. The summed E-state index contributed by atoms with van der Waals surface area (Å²) in [4.78, 5) is 26.8. The van der Waals surface area contributed by atoms with Gasteiger partial charge in [-0.1, -0.05) is 79.2 Å². The molecule has 0 aliphatic carbocycles. The highest BCUT2D eigenvalue weighted by molar-refractivity contribution is 5.92. The molecule has 0 aliphatic heterocycles. The van der Waals surface area contributed by atoms with Gasteiger partial charge in [0.05, 0.1) is 7.11 Å². The number of ether oxygens (including phenoxy) is 5. The zero-order valence-corrected chi connectivity index (χ0v) is 36.9. The first-order valence-electron chi connectivity index (χ1n) is 20.8. The van der Waals surface area contributed by atoms with Crippen LogP contribution in [0.3, 0.4) is 0 Å². The SMILES string of the molecule is C.COc1ccc(C(=Cc2ccc(N(c3ccc(C)cc3)c3ccc(C)cc3)cc2)c2ccc(OC(=O)COc3ccc(Oc4ccc(OC(C)=O)c(C)c4C)c(C)c3C)cc2)cc1. The summed E-state index contributed by atoms with van der Waals surface area (Å²) in [5.41, 5.74) is 13.0. The summed E-state index contributed by atoms with van der Waals surface area (Å²) in [7, 11) is 1.65. The second kappa shape index (κ2) is 20.5. The Morgan fingerprint density at radius 3 is 1.41 bits per heavy atom. The summed E-state index contributed by atoms with van der Waals surface area (Å²) in [6.45, 7) is 12.9. The predicted octanol–water partition coefficient (Wildman–Crippen LogP) is 13.9. The van der Waals surface area contributed by atoms with Crippen LogP contribution in [0.5, 0.6) is 34.5 Å². The zero-order valence-electron chi connectivity index (χ0n) is 36.9. The van der Waals surface area contributed by atoms with Gasteiger partial charge in [-0.2, -0.15) is 0 Å². The summed E-state index contributed by atoms with van der Waals surface area (Å²) in [6, 6.07) is 48.2. The Hall–Kier alpha value is -7.58. The van der Waals surface area contributed by atoms with E-state index in [2.05, 4.69) is 97.6 Å². The Morgan fingerprint density at radius 2 is 0.922 bits per heavy atom. The van der Waals surface area contributed by atoms with E-state index >= 15 is 0 Å². The molecule has 0 saturated carbocycles. The monoisotopic (exact) mass is 853 g/mol. The van der Waals surface area contributed by atoms with Crippen molar-refractivity contribution in [2.24, 2.45) is 0 Å². The minimum absolute atomic E-state index is 0. The summed E-state index contributed by atoms with van der Waals surface area (Å²) >= 11 is 0. The Labute approximate surface area is 377 Å². The van der Waals surface area contributed by atoms with Crippen molar-refractivity contribution >= 4 is 40.6 Å². The second-order valence-electron chi connectivity index (χ2n) is 15.5. The number of anilines is 3. The van der Waals surface area contributed by atoms with Crippen LogP contribution in [0, 0.1) is 41.5 Å². The molecule has 8 heteroatoms. The quantitative estimate of drug-likeness (QED) is 0.0608. The van der Waals surface area contributed by atoms with Gasteiger partial charge >= 0.3 is 11.9 Å². The van der Waals surface area contributed by atoms with Crippen LogP contribution in [0.15, 0.2) is 146 Å². The summed E-state index contributed by atoms with van der Waals surface area (Å²) < 4.78 is 28.7. The van der Waals surface area contributed by atoms with Crippen LogP contribution in [0.25, 0.3) is 11.6 Å². The number of carbonyl (C=O) groups excluding carboxylic acids is 2. The lowest BCUT2D eigenvalue weighted by Crippen LogP contribution is -2.18. The van der Waals surface area contributed by atoms with E-state index in [1.165, 1.54) is 18.1 Å². The number of hydrogen-bond acceptors (Lipinski definition) is 8. The second-order valence-corrected chi connectivity index (χ2v) is 15.5. The van der Waals surface area contributed by atoms with Crippen molar-refractivity contribution in [1.82, 2.24) is 0 Å². The van der Waals surface area contributed by atoms with E-state index in [0.29, 0.717) is 28.7 Å². The average molecular weight is 854 g/mol. The normalized spacial score (nSPS) is 11.0. The molecule has 7 rings (SSSR count). The predicted molar refractivity (Wildman–Crippen MR) is 258 cm³/mol. The van der Waals surface area contributed by atoms with Gasteiger partial charge in [0.25, 0.3) is 0 Å². The third kappa shape index (κ3) is 10.9. The average Bonchev–Trinajstić information content (AvgIpc) is 3.28. The van der Waals surface area contributed by atoms with E-state index in [0.717, 1.165) is 67.3 Å². The molecule has 0 atom stereocenters. The number of esters is 2. The van der Waals surface area contributed by atoms with E-state index < -0.39 is 5.97 Å². The third-order valence-electron chi connectivity index (χ3n) is 11.0. The van der Waals surface area contributed by atoms with Gasteiger partial charge in [0.1, 0.15) is 34.5 Å². The number of carbonyl (C=O) groups is 2. The molecule has 0 heterocycles. The molecule has 0 saturated heterocycles. The number of hydrogen-bond donors (Lipinski definition) is 0. The maximum absolute atomic E-state index is 13.1. The van der Waals surface area contributed by atoms with Crippen LogP contribution in [-0.4, -0.2) is 25.7 Å². The molecular weight excluding hydrogens is 799 g/mol. The summed E-state index contributed by atoms with van der Waals surface area (Å²) in [5.74, 6) is 2.60. The Morgan fingerprint density at radius 1 is 0.500 bits per heavy atom. The van der Waals surface area contributed by atoms with E-state index in [-0.39, 0.29) is 20.0 Å². The first-order chi connectivity index (χ1) is 30.4. The van der Waals surface area contributed by atoms with Gasteiger partial charge in [-0.15, -0.1) is 0 Å². The van der Waals surface area contributed by atoms with Crippen molar-refractivity contribution < 1.29 is 33.3 Å². The molecule has 326 valence electrons. The topological polar surface area (TPSA) is 83.5 Å². The van der Waals surface area contributed by atoms with Gasteiger partial charge in [-0.25, -0.2) is 4.79 Å². The third-order valence-corrected chi connectivity index (χ3v) is 11.0. The molecule has 0 radical (unpaired) electrons. The van der Waals surface area contributed by atoms with Crippen LogP contribution >= 0.6 is 0 Å². The number of aryl methyl sites for hydroxylation is 2. The van der Waals surface area contributed by atoms with Gasteiger partial charge in [0.15, 0.2) is 6.61 Å². The number of methoxy groups -OCH3 is 1. The number of rotatable bonds is 14. The molecule has 0 aliphatic rings. The highest BCUT2D eigenvalue weighted by Crippen LogP contribution is 2.38. The molecule has 7 aromatic rings. The van der Waals surface area contributed by atoms with Crippen LogP contribution < -0.4 is 28.6 Å². The van der Waals surface area contributed by atoms with Crippen LogP contribution in [-0.2, 0) is 9.59 Å². The van der Waals surface area contributed by atoms with E-state index in [9.17, 15) is 9.59 Å². The highest BCUT2D eigenvalue weighted by Gasteiger charge is 2.17. The minimum atomic E-state index is -0.532. The van der Waals surface area contributed by atoms with Crippen LogP contribution in [0.4, 0.5) is 17.1 Å². The van der Waals surface area contributed by atoms with Crippen molar-refractivity contribution in [3.05, 3.63) is 196 Å². The maximum Gasteiger partial charge on any atom is 0.349 e. The lowest BCUT2D eigenvalue weighted by Gasteiger charge is -2.26. The van der Waals surface area contributed by atoms with E-state index in [4.69, 9.17) is 23.7 Å². The number of benzene rings is 7. The molecular formula is C56H55NO7. The molecule has 0 unspecified atom stereocenters. The molecule has 64 heavy (non-hydrogen) atoms. The summed E-state index contributed by atoms with van der Waals surface area (Å²) in [5, 5.41) is 0. The van der Waals surface area contributed by atoms with Crippen molar-refractivity contribution in [3.8, 4) is 34.5 Å². The minimum Gasteiger partial charge on any atom is -0.497 e. The van der Waals surface area contributed by atoms with Crippen molar-refractivity contribution in [2.45, 2.75) is 55.9 Å². The fourth-order valence-electron chi connectivity index (χ4n) is 7.13. The number of nitrogens with zero attached hydrogens (tertiary/aromatic N) is 1. The van der Waals surface area contributed by atoms with Crippen molar-refractivity contribution in [1.29, 1.82) is 0 Å². The Balaban J connectivity index is 0.00000680. The Kier molecular flexibility index (Phi) is 14.7. The molecule has 0 fully saturated rings. The van der Waals surface area contributed by atoms with Crippen molar-refractivity contribution in [2.75, 3.05) is 18.6 Å². The fraction of sp³-hybridized carbons (Fsp3) is 0.179. The molecule has 0 spiro atoms. The maximum atomic E-state index is 13.1. The fourth-order valence-corrected chi connectivity index (χ4v) is 7.13. The van der Waals surface area contributed by atoms with Crippen LogP contribution in [0.2, 0.25) is 0 Å². The molecule has 0 N–H and O–H groups in total. The first-order valence-corrected chi connectivity index (χ1v) is 20.8. The molecule has 0 amide bonds. The van der Waals surface area contributed by atoms with E-state index in [1.807, 2.05) is 70.2 Å². The molecule has 0 bridgehead atoms. The zero-order chi connectivity index (χ0) is 44.6. The summed E-state index contributed by atoms with van der Waals surface area (Å²) in [6.07, 6.45) is 2.16. The van der Waals surface area contributed by atoms with Crippen LogP contribution in [0.1, 0.15) is 64.4 Å². The molecule has 8 nitrogen and oxygen atoms in total. The van der Waals surface area contributed by atoms with Gasteiger partial charge in [0.2, 0.25) is 0 Å². The van der Waals surface area contributed by atoms with Gasteiger partial charge < -0.3 is 28.6 Å². The Bertz CT molecular complexity index is 2710. The van der Waals surface area contributed by atoms with Gasteiger partial charge in [0, 0.05) is 24.0 Å². The van der Waals surface area contributed by atoms with Crippen molar-refractivity contribution in [3.63, 3.8) is 0 Å². The van der Waals surface area contributed by atoms with Gasteiger partial charge in [-0.3, -0.25) is 4.79 Å². The smallest absolute Gasteiger partial charge is 0.349 e. The van der Waals surface area contributed by atoms with Gasteiger partial charge in [-0.05, 0) is 177 Å². The first kappa shape index (κ1) is 45.9. The van der Waals surface area contributed by atoms with E-state index in [1.54, 1.807) is 37.4 Å². The lowest BCUT2D eigenvalue weighted by atomic mass is 9.95.